The molecule has 0 saturated heterocycles. The molecule has 0 radical (unpaired) electrons. The molecular formula is C14H14O4. The second kappa shape index (κ2) is 3.77. The van der Waals surface area contributed by atoms with Crippen molar-refractivity contribution in [2.75, 3.05) is 7.11 Å². The Bertz CT molecular complexity index is 607. The van der Waals surface area contributed by atoms with E-state index in [0.29, 0.717) is 11.3 Å². The molecule has 0 aliphatic heterocycles. The monoisotopic (exact) mass is 246 g/mol. The van der Waals surface area contributed by atoms with Gasteiger partial charge in [-0.05, 0) is 30.5 Å². The van der Waals surface area contributed by atoms with Crippen LogP contribution in [0.25, 0.3) is 11.0 Å². The first-order valence-corrected chi connectivity index (χ1v) is 5.93. The molecule has 4 nitrogen and oxygen atoms in total. The van der Waals surface area contributed by atoms with Gasteiger partial charge in [-0.25, -0.2) is 0 Å². The van der Waals surface area contributed by atoms with Crippen LogP contribution in [0.2, 0.25) is 0 Å². The summed E-state index contributed by atoms with van der Waals surface area (Å²) in [4.78, 5) is 11.0. The Hall–Kier alpha value is -1.97. The van der Waals surface area contributed by atoms with Gasteiger partial charge in [0.05, 0.1) is 19.8 Å². The van der Waals surface area contributed by atoms with Crippen LogP contribution in [0.1, 0.15) is 24.8 Å². The van der Waals surface area contributed by atoms with Crippen molar-refractivity contribution in [1.29, 1.82) is 0 Å². The van der Waals surface area contributed by atoms with E-state index in [9.17, 15) is 4.79 Å². The van der Waals surface area contributed by atoms with Gasteiger partial charge >= 0.3 is 5.97 Å². The molecule has 2 aromatic rings. The molecule has 0 spiro atoms. The largest absolute Gasteiger partial charge is 0.493 e. The van der Waals surface area contributed by atoms with Crippen molar-refractivity contribution in [2.45, 2.75) is 24.7 Å². The zero-order valence-corrected chi connectivity index (χ0v) is 10.1. The molecule has 0 amide bonds. The number of ether oxygens (including phenoxy) is 1. The summed E-state index contributed by atoms with van der Waals surface area (Å²) in [5, 5.41) is 9.99. The van der Waals surface area contributed by atoms with Gasteiger partial charge in [-0.15, -0.1) is 0 Å². The molecule has 0 unspecified atom stereocenters. The van der Waals surface area contributed by atoms with Crippen LogP contribution in [0.4, 0.5) is 0 Å². The van der Waals surface area contributed by atoms with Crippen molar-refractivity contribution in [2.24, 2.45) is 0 Å². The van der Waals surface area contributed by atoms with Crippen LogP contribution in [0.5, 0.6) is 5.75 Å². The van der Waals surface area contributed by atoms with Crippen molar-refractivity contribution >= 4 is 16.9 Å². The zero-order valence-electron chi connectivity index (χ0n) is 10.1. The summed E-state index contributed by atoms with van der Waals surface area (Å²) in [6, 6.07) is 5.70. The smallest absolute Gasteiger partial charge is 0.304 e. The summed E-state index contributed by atoms with van der Waals surface area (Å²) in [5.74, 6) is -0.0650. The molecule has 1 fully saturated rings. The molecular weight excluding hydrogens is 232 g/mol. The Kier molecular flexibility index (Phi) is 2.33. The maximum absolute atomic E-state index is 11.0. The van der Waals surface area contributed by atoms with Crippen molar-refractivity contribution < 1.29 is 19.1 Å². The van der Waals surface area contributed by atoms with Crippen LogP contribution in [-0.2, 0) is 10.2 Å². The van der Waals surface area contributed by atoms with E-state index in [-0.39, 0.29) is 11.8 Å². The molecule has 1 saturated carbocycles. The summed E-state index contributed by atoms with van der Waals surface area (Å²) in [5.41, 5.74) is 1.56. The summed E-state index contributed by atoms with van der Waals surface area (Å²) >= 11 is 0. The van der Waals surface area contributed by atoms with Gasteiger partial charge in [0.25, 0.3) is 0 Å². The predicted octanol–water partition coefficient (Wildman–Crippen LogP) is 2.95. The molecule has 94 valence electrons. The average Bonchev–Trinajstić information content (AvgIpc) is 2.92. The molecule has 1 aromatic carbocycles. The van der Waals surface area contributed by atoms with E-state index in [1.807, 2.05) is 18.2 Å². The zero-order chi connectivity index (χ0) is 12.8. The third-order valence-electron chi connectivity index (χ3n) is 3.71. The van der Waals surface area contributed by atoms with Gasteiger partial charge in [-0.1, -0.05) is 6.07 Å². The highest BCUT2D eigenvalue weighted by atomic mass is 16.5. The maximum Gasteiger partial charge on any atom is 0.304 e. The Balaban J connectivity index is 2.13. The first-order valence-electron chi connectivity index (χ1n) is 5.93. The number of carboxylic acid groups (broad SMARTS) is 1. The average molecular weight is 246 g/mol. The van der Waals surface area contributed by atoms with Crippen LogP contribution in [0.15, 0.2) is 28.9 Å². The van der Waals surface area contributed by atoms with E-state index >= 15 is 0 Å². The van der Waals surface area contributed by atoms with E-state index in [0.717, 1.165) is 23.8 Å². The number of hydrogen-bond acceptors (Lipinski definition) is 3. The van der Waals surface area contributed by atoms with Gasteiger partial charge in [0.1, 0.15) is 0 Å². The highest BCUT2D eigenvalue weighted by Crippen LogP contribution is 2.53. The number of fused-ring (bicyclic) bond motifs is 1. The van der Waals surface area contributed by atoms with Crippen molar-refractivity contribution in [3.05, 3.63) is 30.0 Å². The summed E-state index contributed by atoms with van der Waals surface area (Å²) in [7, 11) is 1.60. The molecule has 0 bridgehead atoms. The standard InChI is InChI=1S/C14H14O4/c1-17-11-3-2-10(9-4-7-18-13(9)11)14(5-6-14)8-12(15)16/h2-4,7H,5-6,8H2,1H3,(H,15,16). The number of furan rings is 1. The molecule has 0 atom stereocenters. The molecule has 1 aliphatic rings. The van der Waals surface area contributed by atoms with Crippen molar-refractivity contribution in [3.63, 3.8) is 0 Å². The number of hydrogen-bond donors (Lipinski definition) is 1. The van der Waals surface area contributed by atoms with Crippen LogP contribution in [-0.4, -0.2) is 18.2 Å². The number of rotatable bonds is 4. The number of carbonyl (C=O) groups is 1. The van der Waals surface area contributed by atoms with Crippen LogP contribution >= 0.6 is 0 Å². The Morgan fingerprint density at radius 2 is 2.22 bits per heavy atom. The lowest BCUT2D eigenvalue weighted by molar-refractivity contribution is -0.137. The number of methoxy groups -OCH3 is 1. The van der Waals surface area contributed by atoms with E-state index in [2.05, 4.69) is 0 Å². The molecule has 1 aliphatic carbocycles. The minimum atomic E-state index is -0.750. The molecule has 3 rings (SSSR count). The van der Waals surface area contributed by atoms with Gasteiger partial charge in [0.2, 0.25) is 0 Å². The summed E-state index contributed by atoms with van der Waals surface area (Å²) < 4.78 is 10.7. The number of aliphatic carboxylic acids is 1. The molecule has 1 heterocycles. The normalized spacial score (nSPS) is 16.7. The Morgan fingerprint density at radius 1 is 1.44 bits per heavy atom. The quantitative estimate of drug-likeness (QED) is 0.901. The second-order valence-electron chi connectivity index (χ2n) is 4.83. The Labute approximate surface area is 104 Å². The number of carboxylic acids is 1. The first-order chi connectivity index (χ1) is 8.66. The van der Waals surface area contributed by atoms with Gasteiger partial charge in [-0.2, -0.15) is 0 Å². The molecule has 18 heavy (non-hydrogen) atoms. The van der Waals surface area contributed by atoms with E-state index in [4.69, 9.17) is 14.3 Å². The van der Waals surface area contributed by atoms with Gasteiger partial charge < -0.3 is 14.3 Å². The van der Waals surface area contributed by atoms with Gasteiger partial charge in [0.15, 0.2) is 11.3 Å². The SMILES string of the molecule is COc1ccc(C2(CC(=O)O)CC2)c2ccoc12. The fourth-order valence-corrected chi connectivity index (χ4v) is 2.64. The minimum Gasteiger partial charge on any atom is -0.493 e. The van der Waals surface area contributed by atoms with Crippen LogP contribution < -0.4 is 4.74 Å². The third-order valence-corrected chi connectivity index (χ3v) is 3.71. The highest BCUT2D eigenvalue weighted by Gasteiger charge is 2.47. The summed E-state index contributed by atoms with van der Waals surface area (Å²) in [6.45, 7) is 0. The van der Waals surface area contributed by atoms with E-state index in [1.54, 1.807) is 13.4 Å². The first kappa shape index (κ1) is 11.1. The van der Waals surface area contributed by atoms with Gasteiger partial charge in [-0.3, -0.25) is 4.79 Å². The lowest BCUT2D eigenvalue weighted by Gasteiger charge is -2.15. The molecule has 1 aromatic heterocycles. The summed E-state index contributed by atoms with van der Waals surface area (Å²) in [6.07, 6.45) is 3.64. The van der Waals surface area contributed by atoms with Crippen LogP contribution in [0, 0.1) is 0 Å². The second-order valence-corrected chi connectivity index (χ2v) is 4.83. The highest BCUT2D eigenvalue weighted by molar-refractivity contribution is 5.88. The topological polar surface area (TPSA) is 59.7 Å². The van der Waals surface area contributed by atoms with E-state index in [1.165, 1.54) is 0 Å². The predicted molar refractivity (Wildman–Crippen MR) is 65.9 cm³/mol. The minimum absolute atomic E-state index is 0.180. The third kappa shape index (κ3) is 1.56. The Morgan fingerprint density at radius 3 is 2.83 bits per heavy atom. The van der Waals surface area contributed by atoms with Crippen LogP contribution in [0.3, 0.4) is 0 Å². The molecule has 1 N–H and O–H groups in total. The fraction of sp³-hybridized carbons (Fsp3) is 0.357. The maximum atomic E-state index is 11.0. The van der Waals surface area contributed by atoms with Gasteiger partial charge in [0, 0.05) is 10.8 Å². The fourth-order valence-electron chi connectivity index (χ4n) is 2.64. The van der Waals surface area contributed by atoms with Crippen molar-refractivity contribution in [1.82, 2.24) is 0 Å². The number of benzene rings is 1. The van der Waals surface area contributed by atoms with E-state index < -0.39 is 5.97 Å². The lowest BCUT2D eigenvalue weighted by Crippen LogP contribution is -2.13. The molecule has 4 heteroatoms. The van der Waals surface area contributed by atoms with Crippen molar-refractivity contribution in [3.8, 4) is 5.75 Å². The lowest BCUT2D eigenvalue weighted by atomic mass is 9.90.